The van der Waals surface area contributed by atoms with Gasteiger partial charge >= 0.3 is 0 Å². The Morgan fingerprint density at radius 1 is 0.536 bits per heavy atom. The molecule has 56 heavy (non-hydrogen) atoms. The van der Waals surface area contributed by atoms with Crippen molar-refractivity contribution in [2.45, 2.75) is 281 Å². The average molecular weight is 800 g/mol. The summed E-state index contributed by atoms with van der Waals surface area (Å²) in [7, 11) is 0. The first-order chi connectivity index (χ1) is 27.3. The number of hydrogen-bond donors (Lipinski definition) is 6. The summed E-state index contributed by atoms with van der Waals surface area (Å²) in [6.07, 6.45) is 36.0. The second-order valence-electron chi connectivity index (χ2n) is 17.3. The van der Waals surface area contributed by atoms with Crippen LogP contribution in [0, 0.1) is 0 Å². The number of carbonyl (C=O) groups is 1. The van der Waals surface area contributed by atoms with E-state index in [0.29, 0.717) is 12.8 Å². The van der Waals surface area contributed by atoms with E-state index in [9.17, 15) is 30.3 Å². The van der Waals surface area contributed by atoms with E-state index in [1.54, 1.807) is 0 Å². The number of amides is 1. The van der Waals surface area contributed by atoms with Gasteiger partial charge in [0.1, 0.15) is 24.4 Å². The van der Waals surface area contributed by atoms with Crippen LogP contribution in [0.3, 0.4) is 0 Å². The predicted octanol–water partition coefficient (Wildman–Crippen LogP) is 10.3. The lowest BCUT2D eigenvalue weighted by Gasteiger charge is -2.40. The third-order valence-electron chi connectivity index (χ3n) is 12.0. The molecule has 1 fully saturated rings. The van der Waals surface area contributed by atoms with Crippen molar-refractivity contribution in [2.75, 3.05) is 13.2 Å². The Morgan fingerprint density at radius 2 is 0.893 bits per heavy atom. The third kappa shape index (κ3) is 28.6. The molecule has 7 atom stereocenters. The minimum absolute atomic E-state index is 0.133. The minimum atomic E-state index is -1.55. The van der Waals surface area contributed by atoms with Gasteiger partial charge in [0.05, 0.1) is 25.4 Å². The van der Waals surface area contributed by atoms with Crippen molar-refractivity contribution < 1.29 is 39.8 Å². The van der Waals surface area contributed by atoms with Crippen LogP contribution < -0.4 is 5.32 Å². The number of unbranched alkanes of at least 4 members (excludes halogenated alkanes) is 31. The zero-order valence-electron chi connectivity index (χ0n) is 36.7. The first-order valence-corrected chi connectivity index (χ1v) is 24.2. The fraction of sp³-hybridized carbons (Fsp3) is 0.979. The molecule has 6 N–H and O–H groups in total. The first-order valence-electron chi connectivity index (χ1n) is 24.2. The highest BCUT2D eigenvalue weighted by molar-refractivity contribution is 5.76. The van der Waals surface area contributed by atoms with E-state index < -0.39 is 49.5 Å². The molecule has 1 aliphatic rings. The van der Waals surface area contributed by atoms with E-state index >= 15 is 0 Å². The molecule has 1 saturated heterocycles. The first kappa shape index (κ1) is 53.2. The van der Waals surface area contributed by atoms with Crippen LogP contribution in [-0.4, -0.2) is 87.5 Å². The molecule has 9 nitrogen and oxygen atoms in total. The largest absolute Gasteiger partial charge is 0.394 e. The highest BCUT2D eigenvalue weighted by Gasteiger charge is 2.44. The summed E-state index contributed by atoms with van der Waals surface area (Å²) in [6, 6.07) is -0.709. The van der Waals surface area contributed by atoms with Crippen molar-refractivity contribution in [3.63, 3.8) is 0 Å². The van der Waals surface area contributed by atoms with Gasteiger partial charge in [-0.2, -0.15) is 0 Å². The Morgan fingerprint density at radius 3 is 1.27 bits per heavy atom. The number of rotatable bonds is 41. The van der Waals surface area contributed by atoms with E-state index in [2.05, 4.69) is 19.2 Å². The molecule has 334 valence electrons. The molecular formula is C47H93NO8. The average Bonchev–Trinajstić information content (AvgIpc) is 3.20. The molecular weight excluding hydrogens is 707 g/mol. The van der Waals surface area contributed by atoms with Crippen LogP contribution in [0.2, 0.25) is 0 Å². The molecule has 9 heteroatoms. The molecule has 0 aromatic carbocycles. The number of hydrogen-bond acceptors (Lipinski definition) is 8. The molecule has 7 unspecified atom stereocenters. The molecule has 0 aliphatic carbocycles. The van der Waals surface area contributed by atoms with E-state index in [0.717, 1.165) is 38.5 Å². The van der Waals surface area contributed by atoms with Gasteiger partial charge in [-0.05, 0) is 12.8 Å². The van der Waals surface area contributed by atoms with Crippen molar-refractivity contribution in [3.8, 4) is 0 Å². The molecule has 1 heterocycles. The van der Waals surface area contributed by atoms with E-state index in [-0.39, 0.29) is 12.5 Å². The van der Waals surface area contributed by atoms with Crippen LogP contribution in [0.4, 0.5) is 0 Å². The summed E-state index contributed by atoms with van der Waals surface area (Å²) < 4.78 is 11.2. The Balaban J connectivity index is 2.10. The molecule has 0 spiro atoms. The van der Waals surface area contributed by atoms with Crippen LogP contribution in [0.15, 0.2) is 0 Å². The summed E-state index contributed by atoms with van der Waals surface area (Å²) in [5, 5.41) is 54.1. The van der Waals surface area contributed by atoms with Gasteiger partial charge in [0.2, 0.25) is 5.91 Å². The van der Waals surface area contributed by atoms with E-state index in [1.165, 1.54) is 173 Å². The topological polar surface area (TPSA) is 149 Å². The molecule has 0 saturated carbocycles. The zero-order valence-corrected chi connectivity index (χ0v) is 36.7. The van der Waals surface area contributed by atoms with Crippen LogP contribution in [0.25, 0.3) is 0 Å². The fourth-order valence-corrected chi connectivity index (χ4v) is 8.04. The minimum Gasteiger partial charge on any atom is -0.394 e. The second kappa shape index (κ2) is 38.4. The SMILES string of the molecule is CCCCCCCCCCCCCCCCCCCCCCCCCCCCCC(O)C(COC1OC(CO)C(O)C(O)C1O)NC(=O)CCCCCCCC. The molecule has 0 aromatic rings. The number of nitrogens with one attached hydrogen (secondary N) is 1. The summed E-state index contributed by atoms with van der Waals surface area (Å²) in [5.41, 5.74) is 0. The summed E-state index contributed by atoms with van der Waals surface area (Å²) in [6.45, 7) is 3.78. The third-order valence-corrected chi connectivity index (χ3v) is 12.0. The van der Waals surface area contributed by atoms with Gasteiger partial charge in [-0.1, -0.05) is 219 Å². The van der Waals surface area contributed by atoms with Crippen LogP contribution in [0.1, 0.15) is 239 Å². The summed E-state index contributed by atoms with van der Waals surface area (Å²) >= 11 is 0. The molecule has 1 rings (SSSR count). The second-order valence-corrected chi connectivity index (χ2v) is 17.3. The molecule has 0 aromatic heterocycles. The normalized spacial score (nSPS) is 21.0. The lowest BCUT2D eigenvalue weighted by molar-refractivity contribution is -0.302. The Kier molecular flexibility index (Phi) is 36.5. The van der Waals surface area contributed by atoms with Gasteiger partial charge in [0, 0.05) is 6.42 Å². The highest BCUT2D eigenvalue weighted by Crippen LogP contribution is 2.23. The lowest BCUT2D eigenvalue weighted by Crippen LogP contribution is -2.60. The Labute approximate surface area is 344 Å². The van der Waals surface area contributed by atoms with E-state index in [4.69, 9.17) is 9.47 Å². The molecule has 1 amide bonds. The summed E-state index contributed by atoms with van der Waals surface area (Å²) in [4.78, 5) is 12.8. The van der Waals surface area contributed by atoms with Gasteiger partial charge in [-0.25, -0.2) is 0 Å². The number of aliphatic hydroxyl groups is 5. The smallest absolute Gasteiger partial charge is 0.220 e. The van der Waals surface area contributed by atoms with Crippen molar-refractivity contribution in [1.82, 2.24) is 5.32 Å². The van der Waals surface area contributed by atoms with E-state index in [1.807, 2.05) is 0 Å². The maximum atomic E-state index is 12.8. The van der Waals surface area contributed by atoms with Crippen molar-refractivity contribution >= 4 is 5.91 Å². The zero-order chi connectivity index (χ0) is 40.9. The monoisotopic (exact) mass is 800 g/mol. The molecule has 1 aliphatic heterocycles. The molecule has 0 radical (unpaired) electrons. The van der Waals surface area contributed by atoms with Crippen LogP contribution in [-0.2, 0) is 14.3 Å². The van der Waals surface area contributed by atoms with Gasteiger partial charge in [0.25, 0.3) is 0 Å². The van der Waals surface area contributed by atoms with Crippen LogP contribution in [0.5, 0.6) is 0 Å². The van der Waals surface area contributed by atoms with Crippen molar-refractivity contribution in [3.05, 3.63) is 0 Å². The van der Waals surface area contributed by atoms with Gasteiger partial charge in [-0.3, -0.25) is 4.79 Å². The van der Waals surface area contributed by atoms with Crippen LogP contribution >= 0.6 is 0 Å². The number of carbonyl (C=O) groups excluding carboxylic acids is 1. The molecule has 0 bridgehead atoms. The van der Waals surface area contributed by atoms with Gasteiger partial charge in [0.15, 0.2) is 6.29 Å². The maximum absolute atomic E-state index is 12.8. The summed E-state index contributed by atoms with van der Waals surface area (Å²) in [5.74, 6) is -0.151. The standard InChI is InChI=1S/C47H93NO8/c1-3-5-7-9-11-12-13-14-15-16-17-18-19-20-21-22-23-24-25-26-27-28-29-30-31-32-34-36-41(50)40(48-43(51)37-35-33-10-8-6-4-2)39-55-47-46(54)45(53)44(52)42(38-49)56-47/h40-42,44-47,49-50,52-54H,3-39H2,1-2H3,(H,48,51). The number of aliphatic hydroxyl groups excluding tert-OH is 5. The van der Waals surface area contributed by atoms with Gasteiger partial charge in [-0.15, -0.1) is 0 Å². The maximum Gasteiger partial charge on any atom is 0.220 e. The van der Waals surface area contributed by atoms with Gasteiger partial charge < -0.3 is 40.3 Å². The predicted molar refractivity (Wildman–Crippen MR) is 231 cm³/mol. The number of ether oxygens (including phenoxy) is 2. The highest BCUT2D eigenvalue weighted by atomic mass is 16.7. The Hall–Kier alpha value is -0.810. The van der Waals surface area contributed by atoms with Crippen molar-refractivity contribution in [2.24, 2.45) is 0 Å². The fourth-order valence-electron chi connectivity index (χ4n) is 8.04. The quantitative estimate of drug-likeness (QED) is 0.0335. The Bertz CT molecular complexity index is 847. The lowest BCUT2D eigenvalue weighted by atomic mass is 9.99. The van der Waals surface area contributed by atoms with Crippen molar-refractivity contribution in [1.29, 1.82) is 0 Å².